The van der Waals surface area contributed by atoms with Crippen LogP contribution in [0.2, 0.25) is 5.02 Å². The molecule has 0 unspecified atom stereocenters. The summed E-state index contributed by atoms with van der Waals surface area (Å²) < 4.78 is 5.50. The number of hydrogen-bond acceptors (Lipinski definition) is 2. The number of H-pyrrole nitrogens is 1. The van der Waals surface area contributed by atoms with Gasteiger partial charge in [0.2, 0.25) is 0 Å². The van der Waals surface area contributed by atoms with E-state index in [1.165, 1.54) is 0 Å². The molecule has 0 fully saturated rings. The average Bonchev–Trinajstić information content (AvgIpc) is 2.84. The van der Waals surface area contributed by atoms with E-state index in [0.29, 0.717) is 5.02 Å². The lowest BCUT2D eigenvalue weighted by molar-refractivity contribution is -0.153. The molecule has 1 heterocycles. The molecule has 24 heavy (non-hydrogen) atoms. The summed E-state index contributed by atoms with van der Waals surface area (Å²) in [6.07, 6.45) is 0.196. The summed E-state index contributed by atoms with van der Waals surface area (Å²) in [5, 5.41) is 1.60. The maximum absolute atomic E-state index is 12.4. The van der Waals surface area contributed by atoms with Gasteiger partial charge in [-0.2, -0.15) is 0 Å². The minimum atomic E-state index is -0.506. The lowest BCUT2D eigenvalue weighted by Gasteiger charge is -2.19. The van der Waals surface area contributed by atoms with Gasteiger partial charge in [0.05, 0.1) is 12.1 Å². The van der Waals surface area contributed by atoms with Crippen LogP contribution in [-0.2, 0) is 16.0 Å². The van der Waals surface area contributed by atoms with E-state index in [-0.39, 0.29) is 12.4 Å². The molecule has 0 bridgehead atoms. The van der Waals surface area contributed by atoms with Gasteiger partial charge in [-0.05, 0) is 50.1 Å². The summed E-state index contributed by atoms with van der Waals surface area (Å²) >= 11 is 6.16. The third kappa shape index (κ3) is 3.62. The normalized spacial score (nSPS) is 11.7. The standard InChI is InChI=1S/C20H20ClNO2/c1-20(2,3)24-18(23)12-16-15-11-14(21)9-10-17(15)22-19(16)13-7-5-4-6-8-13/h4-11,22H,12H2,1-3H3. The number of benzene rings is 2. The number of carbonyl (C=O) groups is 1. The largest absolute Gasteiger partial charge is 0.460 e. The monoisotopic (exact) mass is 341 g/mol. The quantitative estimate of drug-likeness (QED) is 0.650. The van der Waals surface area contributed by atoms with Crippen molar-refractivity contribution in [2.75, 3.05) is 0 Å². The summed E-state index contributed by atoms with van der Waals surface area (Å²) in [6.45, 7) is 5.61. The number of aromatic amines is 1. The fourth-order valence-electron chi connectivity index (χ4n) is 2.78. The van der Waals surface area contributed by atoms with Gasteiger partial charge in [0.25, 0.3) is 0 Å². The average molecular weight is 342 g/mol. The van der Waals surface area contributed by atoms with Gasteiger partial charge in [0, 0.05) is 15.9 Å². The van der Waals surface area contributed by atoms with Crippen LogP contribution in [0.5, 0.6) is 0 Å². The highest BCUT2D eigenvalue weighted by Crippen LogP contribution is 2.32. The van der Waals surface area contributed by atoms with E-state index in [4.69, 9.17) is 16.3 Å². The Labute approximate surface area is 146 Å². The molecule has 0 atom stereocenters. The Balaban J connectivity index is 2.09. The Hall–Kier alpha value is -2.26. The van der Waals surface area contributed by atoms with Crippen LogP contribution in [0, 0.1) is 0 Å². The molecule has 4 heteroatoms. The van der Waals surface area contributed by atoms with Gasteiger partial charge in [-0.1, -0.05) is 41.9 Å². The van der Waals surface area contributed by atoms with Crippen LogP contribution in [0.15, 0.2) is 48.5 Å². The molecule has 0 aliphatic heterocycles. The van der Waals surface area contributed by atoms with Gasteiger partial charge in [-0.3, -0.25) is 4.79 Å². The number of halogens is 1. The predicted molar refractivity (Wildman–Crippen MR) is 98.3 cm³/mol. The molecule has 3 rings (SSSR count). The number of hydrogen-bond donors (Lipinski definition) is 1. The number of fused-ring (bicyclic) bond motifs is 1. The van der Waals surface area contributed by atoms with E-state index in [1.54, 1.807) is 0 Å². The van der Waals surface area contributed by atoms with Gasteiger partial charge in [-0.25, -0.2) is 0 Å². The first-order valence-corrected chi connectivity index (χ1v) is 8.29. The summed E-state index contributed by atoms with van der Waals surface area (Å²) in [6, 6.07) is 15.6. The van der Waals surface area contributed by atoms with Crippen LogP contribution in [0.25, 0.3) is 22.2 Å². The molecule has 0 spiro atoms. The van der Waals surface area contributed by atoms with Crippen LogP contribution >= 0.6 is 11.6 Å². The second-order valence-electron chi connectivity index (χ2n) is 6.80. The Kier molecular flexibility index (Phi) is 4.37. The topological polar surface area (TPSA) is 42.1 Å². The molecule has 0 saturated heterocycles. The number of rotatable bonds is 3. The lowest BCUT2D eigenvalue weighted by Crippen LogP contribution is -2.25. The lowest BCUT2D eigenvalue weighted by atomic mass is 10.0. The first-order chi connectivity index (χ1) is 11.3. The number of esters is 1. The van der Waals surface area contributed by atoms with Gasteiger partial charge < -0.3 is 9.72 Å². The minimum Gasteiger partial charge on any atom is -0.460 e. The second kappa shape index (κ2) is 6.33. The fraction of sp³-hybridized carbons (Fsp3) is 0.250. The summed E-state index contributed by atoms with van der Waals surface area (Å²) in [4.78, 5) is 15.8. The van der Waals surface area contributed by atoms with Crippen molar-refractivity contribution in [2.45, 2.75) is 32.8 Å². The molecule has 1 aromatic heterocycles. The molecular weight excluding hydrogens is 322 g/mol. The fourth-order valence-corrected chi connectivity index (χ4v) is 2.95. The molecule has 2 aromatic carbocycles. The summed E-state index contributed by atoms with van der Waals surface area (Å²) in [7, 11) is 0. The van der Waals surface area contributed by atoms with Gasteiger partial charge >= 0.3 is 5.97 Å². The van der Waals surface area contributed by atoms with Crippen molar-refractivity contribution in [2.24, 2.45) is 0 Å². The summed E-state index contributed by atoms with van der Waals surface area (Å²) in [5.41, 5.74) is 3.32. The molecule has 0 saturated carbocycles. The van der Waals surface area contributed by atoms with Crippen molar-refractivity contribution in [3.8, 4) is 11.3 Å². The Morgan fingerprint density at radius 2 is 1.83 bits per heavy atom. The van der Waals surface area contributed by atoms with Gasteiger partial charge in [0.1, 0.15) is 5.60 Å². The molecule has 124 valence electrons. The SMILES string of the molecule is CC(C)(C)OC(=O)Cc1c(-c2ccccc2)[nH]c2ccc(Cl)cc12. The number of ether oxygens (including phenoxy) is 1. The highest BCUT2D eigenvalue weighted by Gasteiger charge is 2.21. The van der Waals surface area contributed by atoms with Crippen LogP contribution in [0.3, 0.4) is 0 Å². The van der Waals surface area contributed by atoms with E-state index < -0.39 is 5.60 Å². The minimum absolute atomic E-state index is 0.196. The van der Waals surface area contributed by atoms with Crippen molar-refractivity contribution in [3.05, 3.63) is 59.1 Å². The van der Waals surface area contributed by atoms with Crippen LogP contribution in [-0.4, -0.2) is 16.6 Å². The predicted octanol–water partition coefficient (Wildman–Crippen LogP) is 5.37. The van der Waals surface area contributed by atoms with E-state index in [9.17, 15) is 4.79 Å². The summed E-state index contributed by atoms with van der Waals surface area (Å²) in [5.74, 6) is -0.249. The maximum atomic E-state index is 12.4. The van der Waals surface area contributed by atoms with E-state index >= 15 is 0 Å². The molecule has 3 nitrogen and oxygen atoms in total. The zero-order chi connectivity index (χ0) is 17.3. The first-order valence-electron chi connectivity index (χ1n) is 7.91. The number of nitrogens with one attached hydrogen (secondary N) is 1. The highest BCUT2D eigenvalue weighted by atomic mass is 35.5. The molecule has 0 radical (unpaired) electrons. The molecule has 0 aliphatic rings. The highest BCUT2D eigenvalue weighted by molar-refractivity contribution is 6.31. The van der Waals surface area contributed by atoms with E-state index in [2.05, 4.69) is 4.98 Å². The Bertz CT molecular complexity index is 876. The Morgan fingerprint density at radius 3 is 2.50 bits per heavy atom. The number of carbonyl (C=O) groups excluding carboxylic acids is 1. The van der Waals surface area contributed by atoms with Gasteiger partial charge in [0.15, 0.2) is 0 Å². The third-order valence-corrected chi connectivity index (χ3v) is 3.91. The molecular formula is C20H20ClNO2. The van der Waals surface area contributed by atoms with Crippen molar-refractivity contribution in [1.29, 1.82) is 0 Å². The van der Waals surface area contributed by atoms with Crippen molar-refractivity contribution >= 4 is 28.5 Å². The first kappa shape index (κ1) is 16.6. The number of aromatic nitrogens is 1. The molecule has 0 aliphatic carbocycles. The molecule has 0 amide bonds. The third-order valence-electron chi connectivity index (χ3n) is 3.67. The van der Waals surface area contributed by atoms with Gasteiger partial charge in [-0.15, -0.1) is 0 Å². The smallest absolute Gasteiger partial charge is 0.310 e. The molecule has 3 aromatic rings. The molecule has 1 N–H and O–H groups in total. The van der Waals surface area contributed by atoms with Crippen LogP contribution < -0.4 is 0 Å². The van der Waals surface area contributed by atoms with E-state index in [1.807, 2.05) is 69.3 Å². The zero-order valence-electron chi connectivity index (χ0n) is 14.0. The van der Waals surface area contributed by atoms with Crippen molar-refractivity contribution < 1.29 is 9.53 Å². The zero-order valence-corrected chi connectivity index (χ0v) is 14.8. The maximum Gasteiger partial charge on any atom is 0.310 e. The van der Waals surface area contributed by atoms with Crippen LogP contribution in [0.4, 0.5) is 0 Å². The van der Waals surface area contributed by atoms with E-state index in [0.717, 1.165) is 27.7 Å². The second-order valence-corrected chi connectivity index (χ2v) is 7.23. The van der Waals surface area contributed by atoms with Crippen molar-refractivity contribution in [3.63, 3.8) is 0 Å². The van der Waals surface area contributed by atoms with Crippen molar-refractivity contribution in [1.82, 2.24) is 4.98 Å². The Morgan fingerprint density at radius 1 is 1.12 bits per heavy atom. The van der Waals surface area contributed by atoms with Crippen LogP contribution in [0.1, 0.15) is 26.3 Å².